The topological polar surface area (TPSA) is 80.8 Å². The van der Waals surface area contributed by atoms with Crippen LogP contribution in [-0.2, 0) is 25.6 Å². The molecule has 0 spiro atoms. The van der Waals surface area contributed by atoms with E-state index >= 15 is 0 Å². The Hall–Kier alpha value is -2.97. The lowest BCUT2D eigenvalue weighted by Crippen LogP contribution is -2.33. The maximum atomic E-state index is 13.2. The van der Waals surface area contributed by atoms with E-state index in [1.165, 1.54) is 12.7 Å². The van der Waals surface area contributed by atoms with Gasteiger partial charge in [-0.1, -0.05) is 30.3 Å². The number of carbonyl (C=O) groups excluding carboxylic acids is 2. The maximum Gasteiger partial charge on any atom is 0.336 e. The number of rotatable bonds is 8. The summed E-state index contributed by atoms with van der Waals surface area (Å²) in [4.78, 5) is 32.2. The standard InChI is InChI=1S/C25H28BrN3O4/c1-16-21(24(30)32-4)23(19-12-20(26)14-27-13-19)22(17(2)28-16)25(31)33-11-10-29(3)15-18-8-6-5-7-9-18/h5-9,12-14,23,28H,10-11,15H2,1-4H3. The molecule has 0 saturated heterocycles. The Labute approximate surface area is 202 Å². The van der Waals surface area contributed by atoms with Gasteiger partial charge < -0.3 is 14.8 Å². The smallest absolute Gasteiger partial charge is 0.336 e. The molecule has 174 valence electrons. The molecule has 1 aromatic carbocycles. The van der Waals surface area contributed by atoms with Crippen molar-refractivity contribution >= 4 is 27.9 Å². The lowest BCUT2D eigenvalue weighted by Gasteiger charge is -2.30. The minimum atomic E-state index is -0.654. The lowest BCUT2D eigenvalue weighted by atomic mass is 9.81. The van der Waals surface area contributed by atoms with Crippen LogP contribution >= 0.6 is 15.9 Å². The van der Waals surface area contributed by atoms with Gasteiger partial charge in [0.05, 0.1) is 24.2 Å². The van der Waals surface area contributed by atoms with Crippen molar-refractivity contribution in [2.75, 3.05) is 27.3 Å². The number of nitrogens with zero attached hydrogens (tertiary/aromatic N) is 2. The average Bonchev–Trinajstić information content (AvgIpc) is 2.78. The zero-order valence-electron chi connectivity index (χ0n) is 19.2. The van der Waals surface area contributed by atoms with Crippen molar-refractivity contribution in [2.45, 2.75) is 26.3 Å². The third-order valence-electron chi connectivity index (χ3n) is 5.45. The third-order valence-corrected chi connectivity index (χ3v) is 5.88. The molecule has 0 saturated carbocycles. The van der Waals surface area contributed by atoms with Crippen molar-refractivity contribution < 1.29 is 19.1 Å². The van der Waals surface area contributed by atoms with Crippen molar-refractivity contribution in [3.63, 3.8) is 0 Å². The van der Waals surface area contributed by atoms with E-state index in [4.69, 9.17) is 9.47 Å². The highest BCUT2D eigenvalue weighted by atomic mass is 79.9. The summed E-state index contributed by atoms with van der Waals surface area (Å²) in [6, 6.07) is 11.9. The van der Waals surface area contributed by atoms with Crippen molar-refractivity contribution in [3.8, 4) is 0 Å². The van der Waals surface area contributed by atoms with E-state index in [9.17, 15) is 9.59 Å². The average molecular weight is 514 g/mol. The first-order valence-electron chi connectivity index (χ1n) is 10.6. The molecule has 2 aromatic rings. The number of allylic oxidation sites excluding steroid dienone is 2. The first kappa shape index (κ1) is 24.7. The number of hydrogen-bond acceptors (Lipinski definition) is 7. The molecule has 1 aliphatic rings. The van der Waals surface area contributed by atoms with Gasteiger partial charge in [-0.3, -0.25) is 9.88 Å². The van der Waals surface area contributed by atoms with Crippen LogP contribution in [0.3, 0.4) is 0 Å². The van der Waals surface area contributed by atoms with Crippen LogP contribution in [0.1, 0.15) is 30.9 Å². The number of likely N-dealkylation sites (N-methyl/N-ethyl adjacent to an activating group) is 1. The van der Waals surface area contributed by atoms with E-state index in [2.05, 4.69) is 43.3 Å². The van der Waals surface area contributed by atoms with Crippen LogP contribution in [0.15, 0.2) is 75.8 Å². The summed E-state index contributed by atoms with van der Waals surface area (Å²) in [6.45, 7) is 5.13. The van der Waals surface area contributed by atoms with Crippen molar-refractivity contribution in [3.05, 3.63) is 86.9 Å². The number of methoxy groups -OCH3 is 1. The van der Waals surface area contributed by atoms with Crippen LogP contribution in [0.2, 0.25) is 0 Å². The minimum absolute atomic E-state index is 0.221. The molecule has 0 aliphatic carbocycles. The zero-order chi connectivity index (χ0) is 24.0. The van der Waals surface area contributed by atoms with Crippen LogP contribution in [0, 0.1) is 0 Å². The molecule has 2 heterocycles. The normalized spacial score (nSPS) is 16.0. The molecule has 1 aliphatic heterocycles. The summed E-state index contributed by atoms with van der Waals surface area (Å²) in [6.07, 6.45) is 3.29. The quantitative estimate of drug-likeness (QED) is 0.535. The molecule has 1 aromatic heterocycles. The summed E-state index contributed by atoms with van der Waals surface area (Å²) in [5, 5.41) is 3.14. The van der Waals surface area contributed by atoms with E-state index in [1.54, 1.807) is 26.2 Å². The van der Waals surface area contributed by atoms with Gasteiger partial charge in [0.2, 0.25) is 0 Å². The Morgan fingerprint density at radius 1 is 1.09 bits per heavy atom. The van der Waals surface area contributed by atoms with Gasteiger partial charge in [0.15, 0.2) is 0 Å². The monoisotopic (exact) mass is 513 g/mol. The Morgan fingerprint density at radius 3 is 2.39 bits per heavy atom. The summed E-state index contributed by atoms with van der Waals surface area (Å²) < 4.78 is 11.4. The van der Waals surface area contributed by atoms with Crippen molar-refractivity contribution in [1.82, 2.24) is 15.2 Å². The fourth-order valence-corrected chi connectivity index (χ4v) is 4.29. The number of carbonyl (C=O) groups is 2. The molecule has 1 atom stereocenters. The number of halogens is 1. The molecule has 0 fully saturated rings. The van der Waals surface area contributed by atoms with Gasteiger partial charge >= 0.3 is 11.9 Å². The Kier molecular flexibility index (Phi) is 8.41. The van der Waals surface area contributed by atoms with E-state index < -0.39 is 17.9 Å². The number of ether oxygens (including phenoxy) is 2. The summed E-state index contributed by atoms with van der Waals surface area (Å²) in [7, 11) is 3.30. The fraction of sp³-hybridized carbons (Fsp3) is 0.320. The molecule has 33 heavy (non-hydrogen) atoms. The molecule has 0 radical (unpaired) electrons. The molecule has 7 nitrogen and oxygen atoms in total. The van der Waals surface area contributed by atoms with Crippen LogP contribution < -0.4 is 5.32 Å². The molecular formula is C25H28BrN3O4. The number of hydrogen-bond donors (Lipinski definition) is 1. The van der Waals surface area contributed by atoms with E-state index in [0.717, 1.165) is 11.0 Å². The van der Waals surface area contributed by atoms with Crippen LogP contribution in [0.25, 0.3) is 0 Å². The number of nitrogens with one attached hydrogen (secondary N) is 1. The second kappa shape index (κ2) is 11.2. The fourth-order valence-electron chi connectivity index (χ4n) is 3.91. The van der Waals surface area contributed by atoms with Gasteiger partial charge in [0.1, 0.15) is 6.61 Å². The number of esters is 2. The van der Waals surface area contributed by atoms with Gasteiger partial charge in [-0.25, -0.2) is 9.59 Å². The summed E-state index contributed by atoms with van der Waals surface area (Å²) in [5.74, 6) is -1.64. The molecule has 0 amide bonds. The van der Waals surface area contributed by atoms with Gasteiger partial charge in [-0.15, -0.1) is 0 Å². The Balaban J connectivity index is 1.79. The van der Waals surface area contributed by atoms with Crippen molar-refractivity contribution in [1.29, 1.82) is 0 Å². The molecule has 0 bridgehead atoms. The highest BCUT2D eigenvalue weighted by Gasteiger charge is 2.38. The molecule has 1 unspecified atom stereocenters. The van der Waals surface area contributed by atoms with E-state index in [0.29, 0.717) is 34.6 Å². The highest BCUT2D eigenvalue weighted by molar-refractivity contribution is 9.10. The maximum absolute atomic E-state index is 13.2. The van der Waals surface area contributed by atoms with Crippen LogP contribution in [0.5, 0.6) is 0 Å². The second-order valence-corrected chi connectivity index (χ2v) is 8.84. The lowest BCUT2D eigenvalue weighted by molar-refractivity contribution is -0.139. The Morgan fingerprint density at radius 2 is 1.76 bits per heavy atom. The predicted octanol–water partition coefficient (Wildman–Crippen LogP) is 3.93. The number of aromatic nitrogens is 1. The number of dihydropyridines is 1. The largest absolute Gasteiger partial charge is 0.466 e. The van der Waals surface area contributed by atoms with Gasteiger partial charge in [-0.05, 0) is 54.0 Å². The first-order valence-corrected chi connectivity index (χ1v) is 11.4. The van der Waals surface area contributed by atoms with Crippen LogP contribution in [0.4, 0.5) is 0 Å². The van der Waals surface area contributed by atoms with Crippen molar-refractivity contribution in [2.24, 2.45) is 0 Å². The Bertz CT molecular complexity index is 1080. The first-order chi connectivity index (χ1) is 15.8. The number of benzene rings is 1. The zero-order valence-corrected chi connectivity index (χ0v) is 20.8. The third kappa shape index (κ3) is 6.09. The van der Waals surface area contributed by atoms with E-state index in [-0.39, 0.29) is 6.61 Å². The van der Waals surface area contributed by atoms with Gasteiger partial charge in [0, 0.05) is 41.3 Å². The summed E-state index contributed by atoms with van der Waals surface area (Å²) >= 11 is 3.43. The minimum Gasteiger partial charge on any atom is -0.466 e. The number of pyridine rings is 1. The molecule has 3 rings (SSSR count). The SMILES string of the molecule is COC(=O)C1=C(C)NC(C)=C(C(=O)OCCN(C)Cc2ccccc2)C1c1cncc(Br)c1. The molecular weight excluding hydrogens is 486 g/mol. The summed E-state index contributed by atoms with van der Waals surface area (Å²) in [5.41, 5.74) is 3.86. The predicted molar refractivity (Wildman–Crippen MR) is 129 cm³/mol. The van der Waals surface area contributed by atoms with Gasteiger partial charge in [0.25, 0.3) is 0 Å². The molecule has 1 N–H and O–H groups in total. The van der Waals surface area contributed by atoms with Crippen LogP contribution in [-0.4, -0.2) is 49.1 Å². The van der Waals surface area contributed by atoms with E-state index in [1.807, 2.05) is 31.3 Å². The molecule has 8 heteroatoms. The second-order valence-electron chi connectivity index (χ2n) is 7.92. The highest BCUT2D eigenvalue weighted by Crippen LogP contribution is 2.39. The van der Waals surface area contributed by atoms with Gasteiger partial charge in [-0.2, -0.15) is 0 Å².